The monoisotopic (exact) mass is 687 g/mol. The molecule has 1 aromatic carbocycles. The normalized spacial score (nSPS) is 23.9. The molecular formula is C30H34F5N5O6S. The molecule has 0 spiro atoms. The molecule has 2 saturated heterocycles. The van der Waals surface area contributed by atoms with Crippen molar-refractivity contribution in [2.24, 2.45) is 10.4 Å². The number of benzene rings is 1. The Morgan fingerprint density at radius 3 is 2.68 bits per heavy atom. The number of amidine groups is 1. The molecule has 256 valence electrons. The van der Waals surface area contributed by atoms with Crippen LogP contribution in [0, 0.1) is 18.2 Å². The van der Waals surface area contributed by atoms with E-state index < -0.39 is 73.0 Å². The topological polar surface area (TPSA) is 126 Å². The van der Waals surface area contributed by atoms with Gasteiger partial charge in [0.15, 0.2) is 10.8 Å². The van der Waals surface area contributed by atoms with E-state index in [2.05, 4.69) is 15.0 Å². The molecule has 3 aliphatic heterocycles. The van der Waals surface area contributed by atoms with Crippen LogP contribution in [0.2, 0.25) is 0 Å². The zero-order valence-electron chi connectivity index (χ0n) is 25.9. The zero-order valence-corrected chi connectivity index (χ0v) is 26.7. The predicted octanol–water partition coefficient (Wildman–Crippen LogP) is 4.15. The van der Waals surface area contributed by atoms with Crippen LogP contribution < -0.4 is 5.32 Å². The molecule has 2 N–H and O–H groups in total. The number of carboxylic acids is 1. The van der Waals surface area contributed by atoms with Gasteiger partial charge in [0.25, 0.3) is 5.92 Å². The van der Waals surface area contributed by atoms with Crippen molar-refractivity contribution in [3.63, 3.8) is 0 Å². The lowest BCUT2D eigenvalue weighted by Crippen LogP contribution is -2.52. The third kappa shape index (κ3) is 6.90. The zero-order chi connectivity index (χ0) is 34.3. The van der Waals surface area contributed by atoms with Crippen molar-refractivity contribution in [3.05, 3.63) is 63.0 Å². The molecular weight excluding hydrogens is 653 g/mol. The highest BCUT2D eigenvalue weighted by molar-refractivity contribution is 7.11. The molecule has 0 unspecified atom stereocenters. The molecule has 2 aromatic rings. The second-order valence-corrected chi connectivity index (χ2v) is 12.8. The van der Waals surface area contributed by atoms with E-state index in [-0.39, 0.29) is 42.4 Å². The Kier molecular flexibility index (Phi) is 10.0. The molecule has 4 heterocycles. The van der Waals surface area contributed by atoms with Crippen molar-refractivity contribution < 1.29 is 51.0 Å². The number of carbonyl (C=O) groups excluding carboxylic acids is 1. The van der Waals surface area contributed by atoms with Gasteiger partial charge in [-0.3, -0.25) is 19.5 Å². The smallest absolute Gasteiger partial charge is 0.345 e. The molecule has 11 nitrogen and oxygen atoms in total. The lowest BCUT2D eigenvalue weighted by atomic mass is 9.86. The number of nitrogens with zero attached hydrogens (tertiary/aromatic N) is 4. The lowest BCUT2D eigenvalue weighted by molar-refractivity contribution is -0.240. The lowest BCUT2D eigenvalue weighted by Gasteiger charge is -2.35. The molecule has 5 rings (SSSR count). The van der Waals surface area contributed by atoms with Crippen LogP contribution in [0.25, 0.3) is 0 Å². The van der Waals surface area contributed by atoms with Crippen LogP contribution in [0.15, 0.2) is 46.0 Å². The minimum Gasteiger partial charge on any atom is -0.481 e. The van der Waals surface area contributed by atoms with Gasteiger partial charge in [0.05, 0.1) is 49.4 Å². The Labute approximate surface area is 271 Å². The van der Waals surface area contributed by atoms with Crippen LogP contribution in [-0.2, 0) is 23.9 Å². The maximum atomic E-state index is 15.8. The van der Waals surface area contributed by atoms with Crippen LogP contribution in [0.3, 0.4) is 0 Å². The van der Waals surface area contributed by atoms with Gasteiger partial charge in [0, 0.05) is 23.8 Å². The van der Waals surface area contributed by atoms with Crippen molar-refractivity contribution in [2.45, 2.75) is 64.5 Å². The number of aliphatic imine (C=N–C) groups is 1. The van der Waals surface area contributed by atoms with Gasteiger partial charge in [-0.1, -0.05) is 12.1 Å². The second kappa shape index (κ2) is 13.5. The van der Waals surface area contributed by atoms with Gasteiger partial charge in [-0.15, -0.1) is 11.3 Å². The molecule has 17 heteroatoms. The number of nitrogens with one attached hydrogen (secondary N) is 1. The Bertz CT molecular complexity index is 1560. The number of rotatable bonds is 12. The number of alkyl halides is 4. The molecule has 1 aromatic heterocycles. The number of fused-ring (bicyclic) bond motifs is 1. The number of ether oxygens (including phenoxy) is 2. The van der Waals surface area contributed by atoms with E-state index in [1.165, 1.54) is 28.4 Å². The minimum atomic E-state index is -3.45. The predicted molar refractivity (Wildman–Crippen MR) is 158 cm³/mol. The summed E-state index contributed by atoms with van der Waals surface area (Å²) in [5.41, 5.74) is -1.09. The number of hydroxylamine groups is 2. The minimum absolute atomic E-state index is 0.00263. The van der Waals surface area contributed by atoms with E-state index in [0.29, 0.717) is 10.6 Å². The summed E-state index contributed by atoms with van der Waals surface area (Å²) in [5.74, 6) is -5.97. The number of carboxylic acid groups (broad SMARTS) is 1. The summed E-state index contributed by atoms with van der Waals surface area (Å²) in [6.45, 7) is 0.0886. The van der Waals surface area contributed by atoms with E-state index in [9.17, 15) is 27.9 Å². The highest BCUT2D eigenvalue weighted by Crippen LogP contribution is 2.43. The number of likely N-dealkylation sites (tertiary alicyclic amines) is 1. The van der Waals surface area contributed by atoms with Crippen molar-refractivity contribution in [1.29, 1.82) is 0 Å². The van der Waals surface area contributed by atoms with Gasteiger partial charge in [-0.05, 0) is 44.9 Å². The molecule has 0 saturated carbocycles. The first-order valence-electron chi connectivity index (χ1n) is 14.7. The average molecular weight is 688 g/mol. The van der Waals surface area contributed by atoms with Gasteiger partial charge in [0.1, 0.15) is 17.9 Å². The second-order valence-electron chi connectivity index (χ2n) is 11.9. The van der Waals surface area contributed by atoms with Gasteiger partial charge < -0.3 is 19.9 Å². The third-order valence-corrected chi connectivity index (χ3v) is 9.37. The standard InChI is InChI=1S/C30H34F5N5O6S/c1-5-44-26(41)21-18(37-24(25-36-9-10-47-25)38-22(21)16-7-6-8-17(31)15(16)2)11-39-14-30(34,35)23-19(39)13-45-40(23)12-20(46-28(32)33)29(3,4)27(42)43/h6-10,19-20,22-23,28H,5,11-14H2,1-4H3,(H,37,38)(H,42,43)/t19-,20-,22-,23+/m0/s1. The van der Waals surface area contributed by atoms with Crippen LogP contribution in [0.5, 0.6) is 0 Å². The SMILES string of the molecule is CCOC(=O)C1=C(CN2CC(F)(F)[C@H]3[C@@H]2CON3C[C@H](OC(F)F)C(C)(C)C(=O)O)NC(c2nccs2)=N[C@H]1c1cccc(F)c1C. The fourth-order valence-electron chi connectivity index (χ4n) is 5.99. The number of esters is 1. The van der Waals surface area contributed by atoms with E-state index in [1.807, 2.05) is 0 Å². The number of thiazole rings is 1. The molecule has 0 bridgehead atoms. The maximum Gasteiger partial charge on any atom is 0.345 e. The van der Waals surface area contributed by atoms with Gasteiger partial charge in [-0.2, -0.15) is 13.8 Å². The molecule has 2 fully saturated rings. The summed E-state index contributed by atoms with van der Waals surface area (Å²) in [6.07, 6.45) is -0.155. The number of halogens is 5. The summed E-state index contributed by atoms with van der Waals surface area (Å²) in [7, 11) is 0. The van der Waals surface area contributed by atoms with Crippen LogP contribution in [-0.4, -0.2) is 101 Å². The Morgan fingerprint density at radius 1 is 1.30 bits per heavy atom. The summed E-state index contributed by atoms with van der Waals surface area (Å²) < 4.78 is 82.8. The molecule has 0 amide bonds. The first-order chi connectivity index (χ1) is 22.1. The van der Waals surface area contributed by atoms with Crippen molar-refractivity contribution in [2.75, 3.05) is 32.8 Å². The van der Waals surface area contributed by atoms with Gasteiger partial charge >= 0.3 is 18.6 Å². The van der Waals surface area contributed by atoms with Crippen molar-refractivity contribution in [3.8, 4) is 0 Å². The van der Waals surface area contributed by atoms with E-state index >= 15 is 8.78 Å². The number of hydrogen-bond donors (Lipinski definition) is 2. The Hall–Kier alpha value is -3.51. The molecule has 0 radical (unpaired) electrons. The summed E-state index contributed by atoms with van der Waals surface area (Å²) in [5, 5.41) is 15.7. The van der Waals surface area contributed by atoms with Crippen LogP contribution in [0.4, 0.5) is 22.0 Å². The number of hydrogen-bond acceptors (Lipinski definition) is 11. The highest BCUT2D eigenvalue weighted by atomic mass is 32.1. The summed E-state index contributed by atoms with van der Waals surface area (Å²) in [4.78, 5) is 41.3. The highest BCUT2D eigenvalue weighted by Gasteiger charge is 2.61. The van der Waals surface area contributed by atoms with Crippen LogP contribution in [0.1, 0.15) is 42.9 Å². The van der Waals surface area contributed by atoms with Gasteiger partial charge in [0.2, 0.25) is 0 Å². The number of aliphatic carboxylic acids is 1. The van der Waals surface area contributed by atoms with Crippen LogP contribution >= 0.6 is 11.3 Å². The number of carbonyl (C=O) groups is 2. The molecule has 47 heavy (non-hydrogen) atoms. The first kappa shape index (κ1) is 34.8. The first-order valence-corrected chi connectivity index (χ1v) is 15.6. The molecule has 0 aliphatic carbocycles. The van der Waals surface area contributed by atoms with E-state index in [1.54, 1.807) is 31.5 Å². The molecule has 4 atom stereocenters. The number of aromatic nitrogens is 1. The fraction of sp³-hybridized carbons (Fsp3) is 0.533. The van der Waals surface area contributed by atoms with Crippen molar-refractivity contribution >= 4 is 29.1 Å². The van der Waals surface area contributed by atoms with E-state index in [4.69, 9.17) is 14.6 Å². The Balaban J connectivity index is 1.51. The van der Waals surface area contributed by atoms with E-state index in [0.717, 1.165) is 18.9 Å². The van der Waals surface area contributed by atoms with Gasteiger partial charge in [-0.25, -0.2) is 22.9 Å². The Morgan fingerprint density at radius 2 is 2.04 bits per heavy atom. The fourth-order valence-corrected chi connectivity index (χ4v) is 6.58. The largest absolute Gasteiger partial charge is 0.481 e. The van der Waals surface area contributed by atoms with Crippen molar-refractivity contribution in [1.82, 2.24) is 20.3 Å². The quantitative estimate of drug-likeness (QED) is 0.248. The summed E-state index contributed by atoms with van der Waals surface area (Å²) in [6, 6.07) is 0.646. The maximum absolute atomic E-state index is 15.8. The third-order valence-electron chi connectivity index (χ3n) is 8.59. The summed E-state index contributed by atoms with van der Waals surface area (Å²) >= 11 is 1.24. The average Bonchev–Trinajstić information content (AvgIpc) is 3.73. The molecule has 3 aliphatic rings.